The van der Waals surface area contributed by atoms with Gasteiger partial charge in [-0.2, -0.15) is 0 Å². The first-order chi connectivity index (χ1) is 10.4. The summed E-state index contributed by atoms with van der Waals surface area (Å²) < 4.78 is 10.8. The molecular formula is C16H23NO5. The Labute approximate surface area is 130 Å². The van der Waals surface area contributed by atoms with Crippen molar-refractivity contribution in [3.63, 3.8) is 0 Å². The topological polar surface area (TPSA) is 84.9 Å². The number of amides is 1. The highest BCUT2D eigenvalue weighted by molar-refractivity contribution is 5.84. The number of benzene rings is 1. The molecule has 0 saturated carbocycles. The van der Waals surface area contributed by atoms with Gasteiger partial charge < -0.3 is 19.9 Å². The van der Waals surface area contributed by atoms with Gasteiger partial charge in [-0.25, -0.2) is 4.79 Å². The Morgan fingerprint density at radius 1 is 1.18 bits per heavy atom. The molecule has 1 amide bonds. The van der Waals surface area contributed by atoms with Crippen LogP contribution in [0.15, 0.2) is 24.3 Å². The predicted octanol–water partition coefficient (Wildman–Crippen LogP) is 2.08. The van der Waals surface area contributed by atoms with Crippen molar-refractivity contribution in [2.75, 3.05) is 13.2 Å². The quantitative estimate of drug-likeness (QED) is 0.729. The number of hydrogen-bond acceptors (Lipinski definition) is 4. The van der Waals surface area contributed by atoms with Crippen molar-refractivity contribution >= 4 is 11.9 Å². The molecule has 0 bridgehead atoms. The van der Waals surface area contributed by atoms with E-state index in [1.165, 1.54) is 0 Å². The SMILES string of the molecule is CCOc1ccccc1OCC(=O)NC(CC(C)C)C(=O)O. The summed E-state index contributed by atoms with van der Waals surface area (Å²) >= 11 is 0. The lowest BCUT2D eigenvalue weighted by molar-refractivity contribution is -0.142. The fourth-order valence-corrected chi connectivity index (χ4v) is 1.92. The third-order valence-corrected chi connectivity index (χ3v) is 2.85. The smallest absolute Gasteiger partial charge is 0.326 e. The molecule has 6 nitrogen and oxygen atoms in total. The van der Waals surface area contributed by atoms with Crippen LogP contribution in [0.3, 0.4) is 0 Å². The molecule has 1 aromatic rings. The molecule has 0 spiro atoms. The van der Waals surface area contributed by atoms with Crippen molar-refractivity contribution in [2.24, 2.45) is 5.92 Å². The molecule has 1 aromatic carbocycles. The van der Waals surface area contributed by atoms with Gasteiger partial charge in [0.25, 0.3) is 5.91 Å². The largest absolute Gasteiger partial charge is 0.490 e. The zero-order valence-corrected chi connectivity index (χ0v) is 13.2. The third kappa shape index (κ3) is 6.03. The molecule has 0 saturated heterocycles. The van der Waals surface area contributed by atoms with Crippen molar-refractivity contribution in [3.05, 3.63) is 24.3 Å². The second kappa shape index (κ2) is 8.92. The third-order valence-electron chi connectivity index (χ3n) is 2.85. The van der Waals surface area contributed by atoms with Gasteiger partial charge in [-0.15, -0.1) is 0 Å². The van der Waals surface area contributed by atoms with E-state index in [-0.39, 0.29) is 12.5 Å². The van der Waals surface area contributed by atoms with E-state index in [2.05, 4.69) is 5.32 Å². The van der Waals surface area contributed by atoms with Crippen molar-refractivity contribution in [1.29, 1.82) is 0 Å². The Morgan fingerprint density at radius 2 is 1.77 bits per heavy atom. The monoisotopic (exact) mass is 309 g/mol. The predicted molar refractivity (Wildman–Crippen MR) is 82.1 cm³/mol. The number of rotatable bonds is 9. The average molecular weight is 309 g/mol. The summed E-state index contributed by atoms with van der Waals surface area (Å²) in [5.41, 5.74) is 0. The zero-order valence-electron chi connectivity index (χ0n) is 13.2. The van der Waals surface area contributed by atoms with E-state index >= 15 is 0 Å². The molecule has 0 fully saturated rings. The Balaban J connectivity index is 2.57. The molecule has 122 valence electrons. The molecule has 0 aromatic heterocycles. The molecular weight excluding hydrogens is 286 g/mol. The van der Waals surface area contributed by atoms with Crippen LogP contribution in [0.25, 0.3) is 0 Å². The lowest BCUT2D eigenvalue weighted by Crippen LogP contribution is -2.43. The second-order valence-corrected chi connectivity index (χ2v) is 5.26. The minimum Gasteiger partial charge on any atom is -0.490 e. The Morgan fingerprint density at radius 3 is 2.27 bits per heavy atom. The van der Waals surface area contributed by atoms with Crippen LogP contribution in [0.4, 0.5) is 0 Å². The van der Waals surface area contributed by atoms with Gasteiger partial charge in [-0.05, 0) is 31.4 Å². The number of carboxylic acids is 1. The van der Waals surface area contributed by atoms with Gasteiger partial charge in [0, 0.05) is 0 Å². The van der Waals surface area contributed by atoms with Crippen LogP contribution in [0, 0.1) is 5.92 Å². The summed E-state index contributed by atoms with van der Waals surface area (Å²) in [5.74, 6) is -0.345. The molecule has 1 atom stereocenters. The number of hydrogen-bond donors (Lipinski definition) is 2. The van der Waals surface area contributed by atoms with Gasteiger partial charge in [0.2, 0.25) is 0 Å². The van der Waals surface area contributed by atoms with Crippen LogP contribution < -0.4 is 14.8 Å². The van der Waals surface area contributed by atoms with Gasteiger partial charge in [-0.1, -0.05) is 26.0 Å². The molecule has 22 heavy (non-hydrogen) atoms. The molecule has 0 radical (unpaired) electrons. The zero-order chi connectivity index (χ0) is 16.5. The molecule has 1 unspecified atom stereocenters. The van der Waals surface area contributed by atoms with Gasteiger partial charge in [-0.3, -0.25) is 4.79 Å². The highest BCUT2D eigenvalue weighted by atomic mass is 16.5. The normalized spacial score (nSPS) is 11.8. The molecule has 0 aliphatic carbocycles. The maximum atomic E-state index is 11.8. The van der Waals surface area contributed by atoms with Gasteiger partial charge >= 0.3 is 5.97 Å². The number of para-hydroxylation sites is 2. The highest BCUT2D eigenvalue weighted by Crippen LogP contribution is 2.26. The molecule has 0 aliphatic rings. The number of aliphatic carboxylic acids is 1. The second-order valence-electron chi connectivity index (χ2n) is 5.26. The van der Waals surface area contributed by atoms with Crippen LogP contribution in [0.5, 0.6) is 11.5 Å². The number of carbonyl (C=O) groups excluding carboxylic acids is 1. The Kier molecular flexibility index (Phi) is 7.22. The maximum absolute atomic E-state index is 11.8. The fraction of sp³-hybridized carbons (Fsp3) is 0.500. The summed E-state index contributed by atoms with van der Waals surface area (Å²) in [5, 5.41) is 11.6. The summed E-state index contributed by atoms with van der Waals surface area (Å²) in [6.45, 7) is 5.88. The Hall–Kier alpha value is -2.24. The summed E-state index contributed by atoms with van der Waals surface area (Å²) in [6, 6.07) is 6.12. The number of ether oxygens (including phenoxy) is 2. The van der Waals surface area contributed by atoms with Crippen molar-refractivity contribution in [2.45, 2.75) is 33.2 Å². The van der Waals surface area contributed by atoms with E-state index in [0.29, 0.717) is 24.5 Å². The first-order valence-electron chi connectivity index (χ1n) is 7.30. The van der Waals surface area contributed by atoms with Crippen molar-refractivity contribution in [3.8, 4) is 11.5 Å². The van der Waals surface area contributed by atoms with Crippen LogP contribution in [0.2, 0.25) is 0 Å². The van der Waals surface area contributed by atoms with Crippen LogP contribution in [-0.2, 0) is 9.59 Å². The van der Waals surface area contributed by atoms with Crippen LogP contribution in [0.1, 0.15) is 27.2 Å². The summed E-state index contributed by atoms with van der Waals surface area (Å²) in [7, 11) is 0. The van der Waals surface area contributed by atoms with E-state index in [4.69, 9.17) is 14.6 Å². The minimum atomic E-state index is -1.04. The van der Waals surface area contributed by atoms with Crippen LogP contribution >= 0.6 is 0 Å². The van der Waals surface area contributed by atoms with Gasteiger partial charge in [0.15, 0.2) is 18.1 Å². The molecule has 6 heteroatoms. The Bertz CT molecular complexity index is 501. The maximum Gasteiger partial charge on any atom is 0.326 e. The summed E-state index contributed by atoms with van der Waals surface area (Å²) in [6.07, 6.45) is 0.372. The minimum absolute atomic E-state index is 0.168. The van der Waals surface area contributed by atoms with Crippen LogP contribution in [-0.4, -0.2) is 36.2 Å². The lowest BCUT2D eigenvalue weighted by Gasteiger charge is -2.17. The van der Waals surface area contributed by atoms with E-state index in [9.17, 15) is 9.59 Å². The van der Waals surface area contributed by atoms with E-state index in [0.717, 1.165) is 0 Å². The van der Waals surface area contributed by atoms with Crippen molar-refractivity contribution < 1.29 is 24.2 Å². The standard InChI is InChI=1S/C16H23NO5/c1-4-21-13-7-5-6-8-14(13)22-10-15(18)17-12(16(19)20)9-11(2)3/h5-8,11-12H,4,9-10H2,1-3H3,(H,17,18)(H,19,20). The first kappa shape index (κ1) is 17.8. The van der Waals surface area contributed by atoms with Gasteiger partial charge in [0.05, 0.1) is 6.61 Å². The lowest BCUT2D eigenvalue weighted by atomic mass is 10.0. The highest BCUT2D eigenvalue weighted by Gasteiger charge is 2.21. The van der Waals surface area contributed by atoms with Gasteiger partial charge in [0.1, 0.15) is 6.04 Å². The molecule has 0 aliphatic heterocycles. The first-order valence-corrected chi connectivity index (χ1v) is 7.30. The average Bonchev–Trinajstić information content (AvgIpc) is 2.45. The van der Waals surface area contributed by atoms with E-state index < -0.39 is 17.9 Å². The molecule has 2 N–H and O–H groups in total. The number of carboxylic acid groups (broad SMARTS) is 1. The fourth-order valence-electron chi connectivity index (χ4n) is 1.92. The van der Waals surface area contributed by atoms with Crippen molar-refractivity contribution in [1.82, 2.24) is 5.32 Å². The van der Waals surface area contributed by atoms with E-state index in [1.54, 1.807) is 24.3 Å². The molecule has 0 heterocycles. The number of nitrogens with one attached hydrogen (secondary N) is 1. The van der Waals surface area contributed by atoms with E-state index in [1.807, 2.05) is 20.8 Å². The number of carbonyl (C=O) groups is 2. The summed E-state index contributed by atoms with van der Waals surface area (Å²) in [4.78, 5) is 23.0. The molecule has 1 rings (SSSR count).